The molecule has 0 aliphatic rings. The van der Waals surface area contributed by atoms with Crippen LogP contribution in [0.1, 0.15) is 33.7 Å². The summed E-state index contributed by atoms with van der Waals surface area (Å²) in [5.74, 6) is -0.161. The molecule has 0 aliphatic heterocycles. The molecule has 1 aromatic heterocycles. The Labute approximate surface area is 111 Å². The Balaban J connectivity index is 2.81. The van der Waals surface area contributed by atoms with Gasteiger partial charge in [0, 0.05) is 13.7 Å². The molecule has 1 unspecified atom stereocenters. The van der Waals surface area contributed by atoms with E-state index in [2.05, 4.69) is 10.3 Å². The smallest absolute Gasteiger partial charge is 0.263 e. The zero-order valence-electron chi connectivity index (χ0n) is 11.2. The summed E-state index contributed by atoms with van der Waals surface area (Å²) in [6.07, 6.45) is 0.448. The van der Waals surface area contributed by atoms with Crippen molar-refractivity contribution in [2.24, 2.45) is 0 Å². The third-order valence-electron chi connectivity index (χ3n) is 2.65. The molecule has 1 heterocycles. The van der Waals surface area contributed by atoms with Crippen LogP contribution in [-0.4, -0.2) is 41.9 Å². The first kappa shape index (κ1) is 15.1. The number of aromatic nitrogens is 1. The number of nitrogens with zero attached hydrogens (tertiary/aromatic N) is 1. The van der Waals surface area contributed by atoms with Crippen LogP contribution in [0.25, 0.3) is 0 Å². The number of aliphatic hydroxyl groups is 1. The average molecular weight is 272 g/mol. The Hall–Kier alpha value is -0.980. The van der Waals surface area contributed by atoms with Crippen LogP contribution in [0.4, 0.5) is 0 Å². The maximum Gasteiger partial charge on any atom is 0.263 e. The summed E-state index contributed by atoms with van der Waals surface area (Å²) in [6, 6.07) is 0. The van der Waals surface area contributed by atoms with E-state index in [0.29, 0.717) is 17.9 Å². The summed E-state index contributed by atoms with van der Waals surface area (Å²) in [5.41, 5.74) is 0.170. The molecule has 0 fully saturated rings. The number of nitrogens with one attached hydrogen (secondary N) is 1. The number of hydrogen-bond donors (Lipinski definition) is 2. The van der Waals surface area contributed by atoms with Gasteiger partial charge in [-0.3, -0.25) is 4.79 Å². The lowest BCUT2D eigenvalue weighted by Crippen LogP contribution is -2.50. The molecule has 1 amide bonds. The lowest BCUT2D eigenvalue weighted by atomic mass is 9.99. The molecule has 1 aromatic rings. The maximum atomic E-state index is 12.2. The van der Waals surface area contributed by atoms with Crippen LogP contribution in [0.2, 0.25) is 0 Å². The van der Waals surface area contributed by atoms with Gasteiger partial charge in [-0.1, -0.05) is 0 Å². The second kappa shape index (κ2) is 6.26. The number of hydrogen-bond acceptors (Lipinski definition) is 5. The van der Waals surface area contributed by atoms with E-state index in [-0.39, 0.29) is 12.5 Å². The van der Waals surface area contributed by atoms with Crippen molar-refractivity contribution in [3.63, 3.8) is 0 Å². The van der Waals surface area contributed by atoms with E-state index >= 15 is 0 Å². The molecule has 2 N–H and O–H groups in total. The minimum Gasteiger partial charge on any atom is -0.396 e. The van der Waals surface area contributed by atoms with Crippen LogP contribution >= 0.6 is 11.3 Å². The summed E-state index contributed by atoms with van der Waals surface area (Å²) in [4.78, 5) is 17.0. The normalized spacial score (nSPS) is 14.3. The topological polar surface area (TPSA) is 71.5 Å². The standard InChI is InChI=1S/C12H20N2O3S/c1-8-10(18-9(2)13-8)11(16)14-12(3,5-6-15)7-17-4/h15H,5-7H2,1-4H3,(H,14,16). The second-order valence-corrected chi connectivity index (χ2v) is 5.77. The van der Waals surface area contributed by atoms with Crippen molar-refractivity contribution in [3.05, 3.63) is 15.6 Å². The summed E-state index contributed by atoms with van der Waals surface area (Å²) >= 11 is 1.37. The summed E-state index contributed by atoms with van der Waals surface area (Å²) < 4.78 is 5.09. The van der Waals surface area contributed by atoms with Crippen LogP contribution in [0.5, 0.6) is 0 Å². The van der Waals surface area contributed by atoms with E-state index in [0.717, 1.165) is 10.7 Å². The minimum atomic E-state index is -0.565. The molecule has 0 aromatic carbocycles. The Kier molecular flexibility index (Phi) is 5.25. The predicted molar refractivity (Wildman–Crippen MR) is 71.0 cm³/mol. The van der Waals surface area contributed by atoms with Gasteiger partial charge >= 0.3 is 0 Å². The number of rotatable bonds is 6. The van der Waals surface area contributed by atoms with Crippen molar-refractivity contribution in [1.29, 1.82) is 0 Å². The fourth-order valence-corrected chi connectivity index (χ4v) is 2.62. The van der Waals surface area contributed by atoms with E-state index in [1.807, 2.05) is 20.8 Å². The SMILES string of the molecule is COCC(C)(CCO)NC(=O)c1sc(C)nc1C. The van der Waals surface area contributed by atoms with Crippen LogP contribution in [0, 0.1) is 13.8 Å². The molecule has 102 valence electrons. The molecule has 0 spiro atoms. The van der Waals surface area contributed by atoms with Crippen molar-refractivity contribution >= 4 is 17.2 Å². The van der Waals surface area contributed by atoms with Crippen molar-refractivity contribution < 1.29 is 14.6 Å². The lowest BCUT2D eigenvalue weighted by Gasteiger charge is -2.29. The molecule has 0 radical (unpaired) electrons. The highest BCUT2D eigenvalue weighted by Crippen LogP contribution is 2.19. The number of aliphatic hydroxyl groups excluding tert-OH is 1. The lowest BCUT2D eigenvalue weighted by molar-refractivity contribution is 0.0728. The number of methoxy groups -OCH3 is 1. The third-order valence-corrected chi connectivity index (χ3v) is 3.72. The molecular weight excluding hydrogens is 252 g/mol. The van der Waals surface area contributed by atoms with Crippen molar-refractivity contribution in [2.75, 3.05) is 20.3 Å². The monoisotopic (exact) mass is 272 g/mol. The van der Waals surface area contributed by atoms with Crippen LogP contribution in [0.15, 0.2) is 0 Å². The van der Waals surface area contributed by atoms with Crippen molar-refractivity contribution in [3.8, 4) is 0 Å². The first-order valence-corrected chi connectivity index (χ1v) is 6.60. The van der Waals surface area contributed by atoms with E-state index in [4.69, 9.17) is 9.84 Å². The van der Waals surface area contributed by atoms with Crippen molar-refractivity contribution in [2.45, 2.75) is 32.7 Å². The van der Waals surface area contributed by atoms with E-state index in [9.17, 15) is 4.79 Å². The molecule has 1 rings (SSSR count). The van der Waals surface area contributed by atoms with Crippen LogP contribution in [0.3, 0.4) is 0 Å². The van der Waals surface area contributed by atoms with Gasteiger partial charge in [0.25, 0.3) is 5.91 Å². The largest absolute Gasteiger partial charge is 0.396 e. The fourth-order valence-electron chi connectivity index (χ4n) is 1.81. The summed E-state index contributed by atoms with van der Waals surface area (Å²) in [5, 5.41) is 12.8. The van der Waals surface area contributed by atoms with Gasteiger partial charge in [-0.05, 0) is 27.2 Å². The molecule has 0 bridgehead atoms. The van der Waals surface area contributed by atoms with Gasteiger partial charge in [0.15, 0.2) is 0 Å². The Bertz CT molecular complexity index is 411. The van der Waals surface area contributed by atoms with Crippen LogP contribution in [-0.2, 0) is 4.74 Å². The fraction of sp³-hybridized carbons (Fsp3) is 0.667. The second-order valence-electron chi connectivity index (χ2n) is 4.57. The molecule has 6 heteroatoms. The maximum absolute atomic E-state index is 12.2. The molecule has 18 heavy (non-hydrogen) atoms. The highest BCUT2D eigenvalue weighted by atomic mass is 32.1. The molecule has 0 saturated heterocycles. The van der Waals surface area contributed by atoms with Crippen molar-refractivity contribution in [1.82, 2.24) is 10.3 Å². The quantitative estimate of drug-likeness (QED) is 0.818. The Morgan fingerprint density at radius 1 is 1.56 bits per heavy atom. The Morgan fingerprint density at radius 3 is 2.67 bits per heavy atom. The number of ether oxygens (including phenoxy) is 1. The van der Waals surface area contributed by atoms with Gasteiger partial charge in [0.05, 0.1) is 22.8 Å². The van der Waals surface area contributed by atoms with Gasteiger partial charge in [-0.25, -0.2) is 4.98 Å². The third kappa shape index (κ3) is 3.76. The number of aryl methyl sites for hydroxylation is 2. The summed E-state index contributed by atoms with van der Waals surface area (Å²) in [7, 11) is 1.57. The first-order chi connectivity index (χ1) is 8.41. The van der Waals surface area contributed by atoms with Gasteiger partial charge in [0.2, 0.25) is 0 Å². The van der Waals surface area contributed by atoms with Gasteiger partial charge in [-0.15, -0.1) is 11.3 Å². The highest BCUT2D eigenvalue weighted by Gasteiger charge is 2.27. The zero-order valence-corrected chi connectivity index (χ0v) is 12.1. The van der Waals surface area contributed by atoms with E-state index in [1.165, 1.54) is 11.3 Å². The minimum absolute atomic E-state index is 0.000834. The molecule has 0 saturated carbocycles. The molecule has 5 nitrogen and oxygen atoms in total. The number of thiazole rings is 1. The highest BCUT2D eigenvalue weighted by molar-refractivity contribution is 7.13. The number of carbonyl (C=O) groups excluding carboxylic acids is 1. The number of amides is 1. The Morgan fingerprint density at radius 2 is 2.22 bits per heavy atom. The predicted octanol–water partition coefficient (Wildman–Crippen LogP) is 1.28. The van der Waals surface area contributed by atoms with Gasteiger partial charge < -0.3 is 15.2 Å². The number of carbonyl (C=O) groups is 1. The van der Waals surface area contributed by atoms with E-state index < -0.39 is 5.54 Å². The van der Waals surface area contributed by atoms with Crippen LogP contribution < -0.4 is 5.32 Å². The molecular formula is C12H20N2O3S. The molecule has 1 atom stereocenters. The van der Waals surface area contributed by atoms with Gasteiger partial charge in [-0.2, -0.15) is 0 Å². The summed E-state index contributed by atoms with van der Waals surface area (Å²) in [6.45, 7) is 5.90. The average Bonchev–Trinajstić information content (AvgIpc) is 2.58. The first-order valence-electron chi connectivity index (χ1n) is 5.78. The van der Waals surface area contributed by atoms with Gasteiger partial charge in [0.1, 0.15) is 4.88 Å². The zero-order chi connectivity index (χ0) is 13.8. The molecule has 0 aliphatic carbocycles. The van der Waals surface area contributed by atoms with E-state index in [1.54, 1.807) is 7.11 Å².